The predicted octanol–water partition coefficient (Wildman–Crippen LogP) is 3.45. The van der Waals surface area contributed by atoms with Crippen LogP contribution in [0, 0.1) is 5.41 Å². The fourth-order valence-corrected chi connectivity index (χ4v) is 2.31. The molecule has 0 amide bonds. The van der Waals surface area contributed by atoms with Crippen molar-refractivity contribution >= 4 is 27.4 Å². The van der Waals surface area contributed by atoms with Gasteiger partial charge in [-0.2, -0.15) is 5.10 Å². The van der Waals surface area contributed by atoms with Crippen LogP contribution in [0.1, 0.15) is 11.1 Å². The Labute approximate surface area is 132 Å². The lowest BCUT2D eigenvalue weighted by atomic mass is 10.00. The van der Waals surface area contributed by atoms with Crippen molar-refractivity contribution in [2.75, 3.05) is 14.2 Å². The molecule has 0 aliphatic heterocycles. The van der Waals surface area contributed by atoms with Crippen molar-refractivity contribution in [1.29, 1.82) is 5.41 Å². The minimum Gasteiger partial charge on any atom is -0.497 e. The Morgan fingerprint density at radius 3 is 2.43 bits per heavy atom. The molecule has 2 N–H and O–H groups in total. The highest BCUT2D eigenvalue weighted by molar-refractivity contribution is 9.10. The molecule has 108 valence electrons. The van der Waals surface area contributed by atoms with Crippen LogP contribution < -0.4 is 10.2 Å². The van der Waals surface area contributed by atoms with Gasteiger partial charge >= 0.3 is 0 Å². The molecule has 4 nitrogen and oxygen atoms in total. The van der Waals surface area contributed by atoms with Crippen LogP contribution in [0.25, 0.3) is 0 Å². The van der Waals surface area contributed by atoms with Gasteiger partial charge in [0.15, 0.2) is 0 Å². The van der Waals surface area contributed by atoms with E-state index in [9.17, 15) is 0 Å². The molecule has 0 bridgehead atoms. The van der Waals surface area contributed by atoms with Crippen LogP contribution in [0.15, 0.2) is 58.1 Å². The standard InChI is InChI=1S/C16H16BrN3O/c1-19-20-16(11-6-8-14(21-2)9-7-11)15(18)12-4-3-5-13(17)10-12/h3-10,18-19H,1-2H3/b18-15?,20-16-. The van der Waals surface area contributed by atoms with E-state index in [0.29, 0.717) is 11.4 Å². The van der Waals surface area contributed by atoms with Gasteiger partial charge in [-0.15, -0.1) is 0 Å². The third-order valence-electron chi connectivity index (χ3n) is 2.94. The lowest BCUT2D eigenvalue weighted by molar-refractivity contribution is 0.415. The SMILES string of the molecule is CN/N=C(\C(=N)c1cccc(Br)c1)c1ccc(OC)cc1. The van der Waals surface area contributed by atoms with Crippen molar-refractivity contribution in [3.63, 3.8) is 0 Å². The Hall–Kier alpha value is -2.14. The summed E-state index contributed by atoms with van der Waals surface area (Å²) in [6, 6.07) is 15.1. The highest BCUT2D eigenvalue weighted by Gasteiger charge is 2.13. The minimum atomic E-state index is 0.357. The second-order valence-electron chi connectivity index (χ2n) is 4.30. The van der Waals surface area contributed by atoms with E-state index in [1.54, 1.807) is 14.2 Å². The molecule has 0 saturated heterocycles. The van der Waals surface area contributed by atoms with E-state index in [2.05, 4.69) is 26.5 Å². The summed E-state index contributed by atoms with van der Waals surface area (Å²) in [6.45, 7) is 0. The molecule has 2 aromatic rings. The molecule has 0 radical (unpaired) electrons. The number of hydrogen-bond donors (Lipinski definition) is 2. The molecule has 0 unspecified atom stereocenters. The van der Waals surface area contributed by atoms with Crippen molar-refractivity contribution in [2.45, 2.75) is 0 Å². The van der Waals surface area contributed by atoms with Gasteiger partial charge in [0.1, 0.15) is 11.5 Å². The summed E-state index contributed by atoms with van der Waals surface area (Å²) in [6.07, 6.45) is 0. The number of halogens is 1. The number of nitrogens with one attached hydrogen (secondary N) is 2. The summed E-state index contributed by atoms with van der Waals surface area (Å²) in [5.41, 5.74) is 5.36. The Kier molecular flexibility index (Phi) is 5.11. The summed E-state index contributed by atoms with van der Waals surface area (Å²) < 4.78 is 6.09. The van der Waals surface area contributed by atoms with E-state index in [-0.39, 0.29) is 0 Å². The zero-order valence-corrected chi connectivity index (χ0v) is 13.4. The Morgan fingerprint density at radius 2 is 1.86 bits per heavy atom. The average molecular weight is 346 g/mol. The van der Waals surface area contributed by atoms with Gasteiger partial charge in [0.25, 0.3) is 0 Å². The summed E-state index contributed by atoms with van der Waals surface area (Å²) in [4.78, 5) is 0. The number of methoxy groups -OCH3 is 1. The van der Waals surface area contributed by atoms with Crippen molar-refractivity contribution in [1.82, 2.24) is 5.43 Å². The first kappa shape index (κ1) is 15.3. The van der Waals surface area contributed by atoms with Crippen molar-refractivity contribution in [3.8, 4) is 5.75 Å². The molecule has 21 heavy (non-hydrogen) atoms. The minimum absolute atomic E-state index is 0.357. The van der Waals surface area contributed by atoms with Gasteiger partial charge in [0.05, 0.1) is 12.8 Å². The summed E-state index contributed by atoms with van der Waals surface area (Å²) in [7, 11) is 3.35. The molecule has 5 heteroatoms. The highest BCUT2D eigenvalue weighted by Crippen LogP contribution is 2.17. The van der Waals surface area contributed by atoms with E-state index in [1.165, 1.54) is 0 Å². The first-order valence-corrected chi connectivity index (χ1v) is 7.18. The monoisotopic (exact) mass is 345 g/mol. The second kappa shape index (κ2) is 7.04. The molecule has 0 spiro atoms. The van der Waals surface area contributed by atoms with Crippen molar-refractivity contribution in [2.24, 2.45) is 5.10 Å². The summed E-state index contributed by atoms with van der Waals surface area (Å²) >= 11 is 3.42. The van der Waals surface area contributed by atoms with Crippen LogP contribution in [0.4, 0.5) is 0 Å². The molecule has 0 fully saturated rings. The summed E-state index contributed by atoms with van der Waals surface area (Å²) in [5.74, 6) is 0.775. The van der Waals surface area contributed by atoms with Crippen molar-refractivity contribution in [3.05, 3.63) is 64.1 Å². The molecular formula is C16H16BrN3O. The maximum Gasteiger partial charge on any atom is 0.118 e. The van der Waals surface area contributed by atoms with Crippen LogP contribution in [0.2, 0.25) is 0 Å². The highest BCUT2D eigenvalue weighted by atomic mass is 79.9. The van der Waals surface area contributed by atoms with E-state index in [1.807, 2.05) is 48.5 Å². The number of hydrogen-bond acceptors (Lipinski definition) is 4. The number of benzene rings is 2. The normalized spacial score (nSPS) is 11.1. The molecule has 0 aromatic heterocycles. The van der Waals surface area contributed by atoms with Crippen LogP contribution in [0.3, 0.4) is 0 Å². The predicted molar refractivity (Wildman–Crippen MR) is 89.6 cm³/mol. The summed E-state index contributed by atoms with van der Waals surface area (Å²) in [5, 5.41) is 12.6. The van der Waals surface area contributed by atoms with E-state index >= 15 is 0 Å². The molecular weight excluding hydrogens is 330 g/mol. The molecule has 2 aromatic carbocycles. The molecule has 2 rings (SSSR count). The maximum atomic E-state index is 8.40. The number of ether oxygens (including phenoxy) is 1. The Morgan fingerprint density at radius 1 is 1.14 bits per heavy atom. The zero-order valence-electron chi connectivity index (χ0n) is 11.9. The maximum absolute atomic E-state index is 8.40. The van der Waals surface area contributed by atoms with E-state index < -0.39 is 0 Å². The first-order valence-electron chi connectivity index (χ1n) is 6.39. The second-order valence-corrected chi connectivity index (χ2v) is 5.21. The van der Waals surface area contributed by atoms with Gasteiger partial charge in [0, 0.05) is 22.6 Å². The molecule has 0 atom stereocenters. The van der Waals surface area contributed by atoms with Crippen LogP contribution in [-0.4, -0.2) is 25.6 Å². The third-order valence-corrected chi connectivity index (χ3v) is 3.43. The van der Waals surface area contributed by atoms with Crippen molar-refractivity contribution < 1.29 is 4.74 Å². The lowest BCUT2D eigenvalue weighted by Crippen LogP contribution is -2.19. The van der Waals surface area contributed by atoms with E-state index in [0.717, 1.165) is 21.3 Å². The number of hydrazone groups is 1. The van der Waals surface area contributed by atoms with Gasteiger partial charge in [-0.1, -0.05) is 28.1 Å². The molecule has 0 heterocycles. The largest absolute Gasteiger partial charge is 0.497 e. The molecule has 0 aliphatic carbocycles. The van der Waals surface area contributed by atoms with Gasteiger partial charge in [0.2, 0.25) is 0 Å². The topological polar surface area (TPSA) is 57.5 Å². The first-order chi connectivity index (χ1) is 10.2. The van der Waals surface area contributed by atoms with E-state index in [4.69, 9.17) is 10.1 Å². The Balaban J connectivity index is 2.38. The smallest absolute Gasteiger partial charge is 0.118 e. The lowest BCUT2D eigenvalue weighted by Gasteiger charge is -2.10. The quantitative estimate of drug-likeness (QED) is 0.644. The number of rotatable bonds is 5. The van der Waals surface area contributed by atoms with Gasteiger partial charge in [-0.25, -0.2) is 0 Å². The fraction of sp³-hybridized carbons (Fsp3) is 0.125. The van der Waals surface area contributed by atoms with Gasteiger partial charge in [-0.05, 0) is 36.4 Å². The van der Waals surface area contributed by atoms with Gasteiger partial charge in [-0.3, -0.25) is 5.41 Å². The van der Waals surface area contributed by atoms with Crippen LogP contribution in [0.5, 0.6) is 5.75 Å². The van der Waals surface area contributed by atoms with Gasteiger partial charge < -0.3 is 10.2 Å². The van der Waals surface area contributed by atoms with Crippen LogP contribution in [-0.2, 0) is 0 Å². The molecule has 0 aliphatic rings. The van der Waals surface area contributed by atoms with Crippen LogP contribution >= 0.6 is 15.9 Å². The Bertz CT molecular complexity index is 665. The third kappa shape index (κ3) is 3.70. The fourth-order valence-electron chi connectivity index (χ4n) is 1.91. The molecule has 0 saturated carbocycles. The number of nitrogens with zero attached hydrogens (tertiary/aromatic N) is 1. The average Bonchev–Trinajstić information content (AvgIpc) is 2.52. The zero-order chi connectivity index (χ0) is 15.2.